The predicted molar refractivity (Wildman–Crippen MR) is 67.3 cm³/mol. The Hall–Kier alpha value is -2.09. The zero-order valence-electron chi connectivity index (χ0n) is 9.68. The third kappa shape index (κ3) is 2.94. The average molecular weight is 226 g/mol. The summed E-state index contributed by atoms with van der Waals surface area (Å²) in [5, 5.41) is 9.32. The smallest absolute Gasteiger partial charge is 0.167 e. The van der Waals surface area contributed by atoms with Gasteiger partial charge in [0.1, 0.15) is 5.75 Å². The maximum atomic E-state index is 12.0. The Morgan fingerprint density at radius 2 is 1.82 bits per heavy atom. The number of aromatic hydroxyl groups is 1. The van der Waals surface area contributed by atoms with Gasteiger partial charge in [0, 0.05) is 12.0 Å². The van der Waals surface area contributed by atoms with Gasteiger partial charge in [0.25, 0.3) is 0 Å². The Kier molecular flexibility index (Phi) is 3.24. The number of carbonyl (C=O) groups excluding carboxylic acids is 1. The van der Waals surface area contributed by atoms with Crippen molar-refractivity contribution < 1.29 is 9.90 Å². The molecule has 0 aromatic heterocycles. The number of phenols is 1. The quantitative estimate of drug-likeness (QED) is 0.816. The van der Waals surface area contributed by atoms with Gasteiger partial charge in [0.05, 0.1) is 0 Å². The molecule has 2 aromatic carbocycles. The maximum Gasteiger partial charge on any atom is 0.167 e. The van der Waals surface area contributed by atoms with E-state index in [2.05, 4.69) is 0 Å². The van der Waals surface area contributed by atoms with Crippen molar-refractivity contribution in [2.45, 2.75) is 13.3 Å². The third-order valence-electron chi connectivity index (χ3n) is 2.65. The number of aryl methyl sites for hydroxylation is 1. The molecular formula is C15H14O2. The van der Waals surface area contributed by atoms with Gasteiger partial charge >= 0.3 is 0 Å². The third-order valence-corrected chi connectivity index (χ3v) is 2.65. The van der Waals surface area contributed by atoms with E-state index in [9.17, 15) is 9.90 Å². The molecule has 0 bridgehead atoms. The van der Waals surface area contributed by atoms with Crippen LogP contribution in [0.25, 0.3) is 0 Å². The number of Topliss-reactive ketones (excluding diaryl/α,β-unsaturated/α-hetero) is 1. The second-order valence-electron chi connectivity index (χ2n) is 4.14. The van der Waals surface area contributed by atoms with Gasteiger partial charge in [-0.1, -0.05) is 42.0 Å². The molecule has 0 radical (unpaired) electrons. The van der Waals surface area contributed by atoms with Crippen LogP contribution in [0.1, 0.15) is 21.5 Å². The van der Waals surface area contributed by atoms with Crippen molar-refractivity contribution >= 4 is 5.78 Å². The first-order valence-electron chi connectivity index (χ1n) is 5.53. The molecule has 0 saturated heterocycles. The number of hydrogen-bond acceptors (Lipinski definition) is 2. The molecule has 0 spiro atoms. The SMILES string of the molecule is Cc1ccc(C(=O)Cc2cccc(O)c2)cc1. The lowest BCUT2D eigenvalue weighted by Gasteiger charge is -2.02. The first kappa shape index (κ1) is 11.4. The maximum absolute atomic E-state index is 12.0. The van der Waals surface area contributed by atoms with E-state index >= 15 is 0 Å². The standard InChI is InChI=1S/C15H14O2/c1-11-5-7-13(8-6-11)15(17)10-12-3-2-4-14(16)9-12/h2-9,16H,10H2,1H3. The normalized spacial score (nSPS) is 10.2. The molecule has 0 unspecified atom stereocenters. The van der Waals surface area contributed by atoms with Crippen LogP contribution in [0.5, 0.6) is 5.75 Å². The summed E-state index contributed by atoms with van der Waals surface area (Å²) in [5.41, 5.74) is 2.67. The first-order chi connectivity index (χ1) is 8.15. The van der Waals surface area contributed by atoms with Crippen LogP contribution in [0.3, 0.4) is 0 Å². The van der Waals surface area contributed by atoms with Gasteiger partial charge in [-0.3, -0.25) is 4.79 Å². The van der Waals surface area contributed by atoms with Crippen molar-refractivity contribution in [3.8, 4) is 5.75 Å². The summed E-state index contributed by atoms with van der Waals surface area (Å²) in [5.74, 6) is 0.259. The number of carbonyl (C=O) groups is 1. The molecule has 0 fully saturated rings. The molecule has 2 heteroatoms. The molecule has 17 heavy (non-hydrogen) atoms. The van der Waals surface area contributed by atoms with Crippen LogP contribution in [-0.2, 0) is 6.42 Å². The van der Waals surface area contributed by atoms with Crippen molar-refractivity contribution in [3.63, 3.8) is 0 Å². The molecule has 0 aliphatic rings. The molecule has 0 amide bonds. The van der Waals surface area contributed by atoms with Gasteiger partial charge in [-0.05, 0) is 24.6 Å². The highest BCUT2D eigenvalue weighted by molar-refractivity contribution is 5.97. The largest absolute Gasteiger partial charge is 0.508 e. The Morgan fingerprint density at radius 1 is 1.12 bits per heavy atom. The van der Waals surface area contributed by atoms with Gasteiger partial charge in [-0.15, -0.1) is 0 Å². The predicted octanol–water partition coefficient (Wildman–Crippen LogP) is 3.13. The number of ketones is 1. The van der Waals surface area contributed by atoms with Crippen molar-refractivity contribution in [1.82, 2.24) is 0 Å². The van der Waals surface area contributed by atoms with Crippen LogP contribution in [-0.4, -0.2) is 10.9 Å². The summed E-state index contributed by atoms with van der Waals surface area (Å²) in [7, 11) is 0. The summed E-state index contributed by atoms with van der Waals surface area (Å²) in [6, 6.07) is 14.3. The molecule has 0 heterocycles. The summed E-state index contributed by atoms with van der Waals surface area (Å²) in [6.45, 7) is 1.99. The van der Waals surface area contributed by atoms with Crippen LogP contribution in [0.15, 0.2) is 48.5 Å². The lowest BCUT2D eigenvalue weighted by molar-refractivity contribution is 0.0993. The molecule has 2 rings (SSSR count). The van der Waals surface area contributed by atoms with Crippen molar-refractivity contribution in [1.29, 1.82) is 0 Å². The van der Waals surface area contributed by atoms with Crippen LogP contribution < -0.4 is 0 Å². The summed E-state index contributed by atoms with van der Waals surface area (Å²) in [4.78, 5) is 12.0. The van der Waals surface area contributed by atoms with E-state index < -0.39 is 0 Å². The van der Waals surface area contributed by atoms with Crippen molar-refractivity contribution in [2.75, 3.05) is 0 Å². The minimum Gasteiger partial charge on any atom is -0.508 e. The molecule has 0 aliphatic carbocycles. The van der Waals surface area contributed by atoms with Crippen LogP contribution >= 0.6 is 0 Å². The van der Waals surface area contributed by atoms with Gasteiger partial charge < -0.3 is 5.11 Å². The van der Waals surface area contributed by atoms with Crippen molar-refractivity contribution in [3.05, 3.63) is 65.2 Å². The lowest BCUT2D eigenvalue weighted by atomic mass is 10.0. The second-order valence-corrected chi connectivity index (χ2v) is 4.14. The van der Waals surface area contributed by atoms with E-state index in [-0.39, 0.29) is 11.5 Å². The number of rotatable bonds is 3. The van der Waals surface area contributed by atoms with E-state index in [4.69, 9.17) is 0 Å². The fourth-order valence-electron chi connectivity index (χ4n) is 1.69. The van der Waals surface area contributed by atoms with Crippen molar-refractivity contribution in [2.24, 2.45) is 0 Å². The van der Waals surface area contributed by atoms with Gasteiger partial charge in [-0.2, -0.15) is 0 Å². The average Bonchev–Trinajstić information content (AvgIpc) is 2.29. The summed E-state index contributed by atoms with van der Waals surface area (Å²) < 4.78 is 0. The minimum atomic E-state index is 0.0654. The fourth-order valence-corrected chi connectivity index (χ4v) is 1.69. The van der Waals surface area contributed by atoms with E-state index in [1.54, 1.807) is 18.2 Å². The Bertz CT molecular complexity index is 527. The highest BCUT2D eigenvalue weighted by Crippen LogP contribution is 2.14. The molecule has 2 aromatic rings. The Morgan fingerprint density at radius 3 is 2.47 bits per heavy atom. The summed E-state index contributed by atoms with van der Waals surface area (Å²) in [6.07, 6.45) is 0.317. The van der Waals surface area contributed by atoms with E-state index in [0.29, 0.717) is 12.0 Å². The monoisotopic (exact) mass is 226 g/mol. The van der Waals surface area contributed by atoms with Gasteiger partial charge in [0.2, 0.25) is 0 Å². The van der Waals surface area contributed by atoms with Gasteiger partial charge in [0.15, 0.2) is 5.78 Å². The summed E-state index contributed by atoms with van der Waals surface area (Å²) >= 11 is 0. The Labute approximate surface area is 101 Å². The van der Waals surface area contributed by atoms with Crippen LogP contribution in [0.2, 0.25) is 0 Å². The molecule has 0 aliphatic heterocycles. The zero-order valence-corrected chi connectivity index (χ0v) is 9.68. The number of phenolic OH excluding ortho intramolecular Hbond substituents is 1. The first-order valence-corrected chi connectivity index (χ1v) is 5.53. The fraction of sp³-hybridized carbons (Fsp3) is 0.133. The molecule has 86 valence electrons. The van der Waals surface area contributed by atoms with Crippen LogP contribution in [0.4, 0.5) is 0 Å². The number of benzene rings is 2. The molecule has 0 atom stereocenters. The molecule has 1 N–H and O–H groups in total. The topological polar surface area (TPSA) is 37.3 Å². The molecule has 2 nitrogen and oxygen atoms in total. The van der Waals surface area contributed by atoms with Gasteiger partial charge in [-0.25, -0.2) is 0 Å². The highest BCUT2D eigenvalue weighted by atomic mass is 16.3. The van der Waals surface area contributed by atoms with E-state index in [0.717, 1.165) is 11.1 Å². The van der Waals surface area contributed by atoms with Crippen LogP contribution in [0, 0.1) is 6.92 Å². The Balaban J connectivity index is 2.14. The van der Waals surface area contributed by atoms with E-state index in [1.165, 1.54) is 0 Å². The van der Waals surface area contributed by atoms with E-state index in [1.807, 2.05) is 37.3 Å². The highest BCUT2D eigenvalue weighted by Gasteiger charge is 2.06. The zero-order chi connectivity index (χ0) is 12.3. The molecular weight excluding hydrogens is 212 g/mol. The molecule has 0 saturated carbocycles. The number of hydrogen-bond donors (Lipinski definition) is 1. The lowest BCUT2D eigenvalue weighted by Crippen LogP contribution is -2.03. The second kappa shape index (κ2) is 4.83. The minimum absolute atomic E-state index is 0.0654.